The fourth-order valence-corrected chi connectivity index (χ4v) is 3.00. The van der Waals surface area contributed by atoms with Crippen molar-refractivity contribution in [1.29, 1.82) is 0 Å². The minimum absolute atomic E-state index is 0.107. The van der Waals surface area contributed by atoms with Crippen LogP contribution in [-0.4, -0.2) is 28.2 Å². The molecule has 2 atom stereocenters. The summed E-state index contributed by atoms with van der Waals surface area (Å²) in [5.41, 5.74) is 2.05. The van der Waals surface area contributed by atoms with E-state index in [1.165, 1.54) is 17.6 Å². The van der Waals surface area contributed by atoms with Crippen molar-refractivity contribution in [3.05, 3.63) is 75.4 Å². The molecule has 0 aliphatic carbocycles. The molecule has 0 unspecified atom stereocenters. The molecule has 0 saturated heterocycles. The number of halogens is 1. The summed E-state index contributed by atoms with van der Waals surface area (Å²) in [5, 5.41) is 21.0. The third-order valence-corrected chi connectivity index (χ3v) is 4.59. The normalized spacial score (nSPS) is 12.8. The lowest BCUT2D eigenvalue weighted by Crippen LogP contribution is -2.33. The molecule has 0 aliphatic rings. The van der Waals surface area contributed by atoms with Gasteiger partial charge in [0.05, 0.1) is 0 Å². The van der Waals surface area contributed by atoms with Gasteiger partial charge in [0.1, 0.15) is 11.9 Å². The van der Waals surface area contributed by atoms with E-state index in [-0.39, 0.29) is 11.3 Å². The largest absolute Gasteiger partial charge is 0.508 e. The number of hydroxylamine groups is 1. The van der Waals surface area contributed by atoms with Gasteiger partial charge in [0.2, 0.25) is 0 Å². The van der Waals surface area contributed by atoms with E-state index in [0.717, 1.165) is 9.65 Å². The number of benzene rings is 2. The molecule has 29 heavy (non-hydrogen) atoms. The topological polar surface area (TPSA) is 125 Å². The molecule has 0 spiro atoms. The molecule has 4 N–H and O–H groups in total. The zero-order valence-electron chi connectivity index (χ0n) is 15.3. The molecule has 0 fully saturated rings. The molecule has 0 aliphatic heterocycles. The van der Waals surface area contributed by atoms with E-state index >= 15 is 0 Å². The first-order valence-electron chi connectivity index (χ1n) is 8.49. The molecule has 0 bridgehead atoms. The van der Waals surface area contributed by atoms with Gasteiger partial charge in [-0.15, -0.1) is 0 Å². The van der Waals surface area contributed by atoms with E-state index in [9.17, 15) is 19.5 Å². The van der Waals surface area contributed by atoms with Crippen molar-refractivity contribution >= 4 is 40.5 Å². The van der Waals surface area contributed by atoms with Crippen LogP contribution in [0.15, 0.2) is 60.7 Å². The number of hydrogen-bond acceptors (Lipinski definition) is 6. The van der Waals surface area contributed by atoms with Crippen molar-refractivity contribution in [2.24, 2.45) is 5.92 Å². The predicted octanol–water partition coefficient (Wildman–Crippen LogP) is 3.30. The second kappa shape index (κ2) is 10.6. The molecule has 0 aromatic heterocycles. The molecular weight excluding hydrogens is 491 g/mol. The number of phenolic OH excluding ortho intramolecular Hbond substituents is 1. The van der Waals surface area contributed by atoms with Gasteiger partial charge in [-0.1, -0.05) is 31.2 Å². The van der Waals surface area contributed by atoms with Gasteiger partial charge in [-0.25, -0.2) is 10.3 Å². The van der Waals surface area contributed by atoms with Crippen LogP contribution in [0.4, 0.5) is 4.79 Å². The number of ether oxygens (including phenoxy) is 1. The summed E-state index contributed by atoms with van der Waals surface area (Å²) < 4.78 is 6.20. The summed E-state index contributed by atoms with van der Waals surface area (Å²) in [6.45, 7) is 1.65. The zero-order chi connectivity index (χ0) is 21.4. The first-order chi connectivity index (χ1) is 13.8. The Balaban J connectivity index is 2.23. The lowest BCUT2D eigenvalue weighted by Gasteiger charge is -2.23. The Morgan fingerprint density at radius 1 is 1.14 bits per heavy atom. The minimum Gasteiger partial charge on any atom is -0.508 e. The molecule has 2 aromatic rings. The highest BCUT2D eigenvalue weighted by molar-refractivity contribution is 14.1. The Hall–Kier alpha value is -2.92. The average Bonchev–Trinajstić information content (AvgIpc) is 2.72. The lowest BCUT2D eigenvalue weighted by atomic mass is 9.96. The Bertz CT molecular complexity index is 916. The number of amides is 3. The Kier molecular flexibility index (Phi) is 8.16. The van der Waals surface area contributed by atoms with E-state index in [0.29, 0.717) is 5.56 Å². The molecule has 152 valence electrons. The summed E-state index contributed by atoms with van der Waals surface area (Å²) in [7, 11) is 0. The number of carbonyl (C=O) groups excluding carboxylic acids is 3. The highest BCUT2D eigenvalue weighted by atomic mass is 127. The van der Waals surface area contributed by atoms with Crippen molar-refractivity contribution in [2.75, 3.05) is 0 Å². The number of nitrogens with one attached hydrogen (secondary N) is 2. The summed E-state index contributed by atoms with van der Waals surface area (Å²) in [6, 6.07) is 12.9. The monoisotopic (exact) mass is 510 g/mol. The Morgan fingerprint density at radius 3 is 2.48 bits per heavy atom. The third-order valence-electron chi connectivity index (χ3n) is 3.92. The standard InChI is InChI=1S/C20H19IN2O6/c1-12(7-10-17(25)23-28)18(15-11-14(21)8-9-16(15)24)29-20(27)22-19(26)13-5-3-2-4-6-13/h2-12,18,24,28H,1H3,(H,23,25)(H,22,26,27)/b10-7+/t12-,18-/m0/s1. The predicted molar refractivity (Wildman–Crippen MR) is 112 cm³/mol. The van der Waals surface area contributed by atoms with Crippen LogP contribution in [0.5, 0.6) is 5.75 Å². The average molecular weight is 510 g/mol. The van der Waals surface area contributed by atoms with Crippen molar-refractivity contribution in [3.8, 4) is 5.75 Å². The van der Waals surface area contributed by atoms with Crippen LogP contribution in [0, 0.1) is 9.49 Å². The van der Waals surface area contributed by atoms with Crippen LogP contribution in [0.2, 0.25) is 0 Å². The fraction of sp³-hybridized carbons (Fsp3) is 0.150. The molecule has 0 saturated carbocycles. The first kappa shape index (κ1) is 22.4. The van der Waals surface area contributed by atoms with Crippen molar-refractivity contribution < 1.29 is 29.4 Å². The fourth-order valence-electron chi connectivity index (χ4n) is 2.48. The van der Waals surface area contributed by atoms with Crippen LogP contribution in [-0.2, 0) is 9.53 Å². The van der Waals surface area contributed by atoms with Crippen LogP contribution in [0.1, 0.15) is 28.9 Å². The van der Waals surface area contributed by atoms with E-state index in [1.54, 1.807) is 49.4 Å². The van der Waals surface area contributed by atoms with E-state index < -0.39 is 29.9 Å². The Labute approximate surface area is 180 Å². The van der Waals surface area contributed by atoms with E-state index in [2.05, 4.69) is 5.32 Å². The van der Waals surface area contributed by atoms with Crippen LogP contribution >= 0.6 is 22.6 Å². The molecule has 8 nitrogen and oxygen atoms in total. The van der Waals surface area contributed by atoms with Gasteiger partial charge in [-0.3, -0.25) is 20.1 Å². The van der Waals surface area contributed by atoms with Crippen LogP contribution < -0.4 is 10.8 Å². The number of alkyl carbamates (subject to hydrolysis) is 1. The third kappa shape index (κ3) is 6.57. The number of imide groups is 1. The van der Waals surface area contributed by atoms with Gasteiger partial charge in [-0.05, 0) is 52.9 Å². The van der Waals surface area contributed by atoms with Gasteiger partial charge in [0, 0.05) is 26.7 Å². The van der Waals surface area contributed by atoms with Gasteiger partial charge >= 0.3 is 6.09 Å². The number of aromatic hydroxyl groups is 1. The highest BCUT2D eigenvalue weighted by Crippen LogP contribution is 2.34. The van der Waals surface area contributed by atoms with Crippen LogP contribution in [0.3, 0.4) is 0 Å². The summed E-state index contributed by atoms with van der Waals surface area (Å²) in [5.74, 6) is -2.08. The number of carbonyl (C=O) groups is 3. The quantitative estimate of drug-likeness (QED) is 0.205. The second-order valence-electron chi connectivity index (χ2n) is 6.04. The molecule has 2 aromatic carbocycles. The summed E-state index contributed by atoms with van der Waals surface area (Å²) in [4.78, 5) is 35.7. The molecule has 0 radical (unpaired) electrons. The molecule has 3 amide bonds. The maximum atomic E-state index is 12.3. The van der Waals surface area contributed by atoms with Crippen molar-refractivity contribution in [3.63, 3.8) is 0 Å². The Morgan fingerprint density at radius 2 is 1.83 bits per heavy atom. The van der Waals surface area contributed by atoms with Crippen LogP contribution in [0.25, 0.3) is 0 Å². The number of phenols is 1. The smallest absolute Gasteiger partial charge is 0.414 e. The van der Waals surface area contributed by atoms with Gasteiger partial charge in [0.25, 0.3) is 11.8 Å². The summed E-state index contributed by atoms with van der Waals surface area (Å²) >= 11 is 2.04. The van der Waals surface area contributed by atoms with Gasteiger partial charge in [0.15, 0.2) is 0 Å². The number of rotatable bonds is 6. The zero-order valence-corrected chi connectivity index (χ0v) is 17.5. The molecule has 9 heteroatoms. The second-order valence-corrected chi connectivity index (χ2v) is 7.29. The van der Waals surface area contributed by atoms with Gasteiger partial charge < -0.3 is 9.84 Å². The number of hydrogen-bond donors (Lipinski definition) is 4. The maximum absolute atomic E-state index is 12.3. The minimum atomic E-state index is -1.01. The molecular formula is C20H19IN2O6. The van der Waals surface area contributed by atoms with E-state index in [4.69, 9.17) is 9.94 Å². The lowest BCUT2D eigenvalue weighted by molar-refractivity contribution is -0.124. The van der Waals surface area contributed by atoms with Crippen molar-refractivity contribution in [2.45, 2.75) is 13.0 Å². The molecule has 2 rings (SSSR count). The van der Waals surface area contributed by atoms with E-state index in [1.807, 2.05) is 22.6 Å². The summed E-state index contributed by atoms with van der Waals surface area (Å²) in [6.07, 6.45) is 0.464. The molecule has 0 heterocycles. The first-order valence-corrected chi connectivity index (χ1v) is 9.57. The maximum Gasteiger partial charge on any atom is 0.414 e. The highest BCUT2D eigenvalue weighted by Gasteiger charge is 2.26. The van der Waals surface area contributed by atoms with Gasteiger partial charge in [-0.2, -0.15) is 0 Å². The van der Waals surface area contributed by atoms with Crippen molar-refractivity contribution in [1.82, 2.24) is 10.8 Å². The SMILES string of the molecule is C[C@@H](/C=C/C(=O)NO)[C@H](OC(=O)NC(=O)c1ccccc1)c1cc(I)ccc1O.